The van der Waals surface area contributed by atoms with Crippen molar-refractivity contribution >= 4 is 5.69 Å². The molecule has 0 bridgehead atoms. The number of rotatable bonds is 0. The molecular formula is C7H8N2. The molecule has 9 heavy (non-hydrogen) atoms. The molecule has 2 heterocycles. The van der Waals surface area contributed by atoms with E-state index in [1.54, 1.807) is 0 Å². The van der Waals surface area contributed by atoms with Crippen LogP contribution in [0.3, 0.4) is 0 Å². The number of hydrogen-bond acceptors (Lipinski definition) is 2. The second kappa shape index (κ2) is 1.72. The van der Waals surface area contributed by atoms with Gasteiger partial charge in [0.1, 0.15) is 0 Å². The summed E-state index contributed by atoms with van der Waals surface area (Å²) in [6.45, 7) is -2.39. The van der Waals surface area contributed by atoms with Crippen molar-refractivity contribution in [2.75, 3.05) is 11.8 Å². The van der Waals surface area contributed by atoms with Crippen molar-refractivity contribution in [2.45, 2.75) is 6.37 Å². The minimum Gasteiger partial charge on any atom is -0.383 e. The number of aromatic nitrogens is 1. The molecule has 0 saturated heterocycles. The van der Waals surface area contributed by atoms with Crippen molar-refractivity contribution in [1.82, 2.24) is 4.98 Å². The fraction of sp³-hybridized carbons (Fsp3) is 0.286. The number of nitrogens with one attached hydrogen (secondary N) is 1. The first-order valence-corrected chi connectivity index (χ1v) is 2.45. The molecule has 0 spiro atoms. The van der Waals surface area contributed by atoms with Crippen LogP contribution < -0.4 is 5.32 Å². The van der Waals surface area contributed by atoms with E-state index in [0.717, 1.165) is 0 Å². The maximum absolute atomic E-state index is 7.57. The standard InChI is InChI=1S/C7H8N2/c1-2-6-7(8-4-1)3-5-9-6/h1-2,4,9H,3,5H2/i1D,2D,3D2,4D,5D2. The van der Waals surface area contributed by atoms with Crippen molar-refractivity contribution in [3.63, 3.8) is 0 Å². The van der Waals surface area contributed by atoms with Gasteiger partial charge in [0.05, 0.1) is 15.5 Å². The van der Waals surface area contributed by atoms with Crippen LogP contribution in [0.1, 0.15) is 15.3 Å². The lowest BCUT2D eigenvalue weighted by Crippen LogP contribution is -1.90. The largest absolute Gasteiger partial charge is 0.383 e. The Labute approximate surface area is 63.8 Å². The maximum Gasteiger partial charge on any atom is 0.0840 e. The SMILES string of the molecule is [2H]c1nc2c(c([2H])c1[2H])NC([2H])([2H])C2([2H])[2H]. The quantitative estimate of drug-likeness (QED) is 0.563. The number of hydrogen-bond donors (Lipinski definition) is 1. The first-order chi connectivity index (χ1) is 7.18. The highest BCUT2D eigenvalue weighted by atomic mass is 14.9. The highest BCUT2D eigenvalue weighted by Crippen LogP contribution is 2.17. The van der Waals surface area contributed by atoms with E-state index < -0.39 is 31.1 Å². The first-order valence-electron chi connectivity index (χ1n) is 5.95. The van der Waals surface area contributed by atoms with Crippen LogP contribution in [0, 0.1) is 0 Å². The third kappa shape index (κ3) is 0.669. The summed E-state index contributed by atoms with van der Waals surface area (Å²) in [4.78, 5) is 3.54. The van der Waals surface area contributed by atoms with Crippen LogP contribution in [0.2, 0.25) is 0 Å². The topological polar surface area (TPSA) is 24.9 Å². The number of pyridine rings is 1. The Morgan fingerprint density at radius 2 is 2.89 bits per heavy atom. The maximum atomic E-state index is 7.57. The Morgan fingerprint density at radius 3 is 3.89 bits per heavy atom. The molecule has 0 radical (unpaired) electrons. The Hall–Kier alpha value is -1.05. The van der Waals surface area contributed by atoms with Gasteiger partial charge in [0.2, 0.25) is 0 Å². The van der Waals surface area contributed by atoms with E-state index in [1.165, 1.54) is 0 Å². The Kier molecular flexibility index (Phi) is 0.289. The lowest BCUT2D eigenvalue weighted by Gasteiger charge is -1.93. The van der Waals surface area contributed by atoms with Gasteiger partial charge in [-0.2, -0.15) is 0 Å². The molecule has 0 fully saturated rings. The van der Waals surface area contributed by atoms with Crippen molar-refractivity contribution in [2.24, 2.45) is 0 Å². The Bertz CT molecular complexity index is 470. The van der Waals surface area contributed by atoms with Crippen molar-refractivity contribution in [3.05, 3.63) is 24.0 Å². The molecule has 0 unspecified atom stereocenters. The minimum absolute atomic E-state index is 0.143. The first kappa shape index (κ1) is 1.51. The molecule has 0 aliphatic carbocycles. The summed E-state index contributed by atoms with van der Waals surface area (Å²) in [5.41, 5.74) is -0.459. The van der Waals surface area contributed by atoms with Gasteiger partial charge in [0.25, 0.3) is 0 Å². The fourth-order valence-corrected chi connectivity index (χ4v) is 0.623. The van der Waals surface area contributed by atoms with E-state index in [-0.39, 0.29) is 11.4 Å². The molecule has 0 aromatic carbocycles. The zero-order valence-corrected chi connectivity index (χ0v) is 4.45. The third-order valence-corrected chi connectivity index (χ3v) is 1.02. The minimum atomic E-state index is -2.42. The van der Waals surface area contributed by atoms with Crippen molar-refractivity contribution < 1.29 is 9.60 Å². The predicted molar refractivity (Wildman–Crippen MR) is 36.4 cm³/mol. The highest BCUT2D eigenvalue weighted by molar-refractivity contribution is 5.51. The summed E-state index contributed by atoms with van der Waals surface area (Å²) in [5.74, 6) is 0. The summed E-state index contributed by atoms with van der Waals surface area (Å²) in [6.07, 6.45) is -2.94. The number of nitrogens with zero attached hydrogens (tertiary/aromatic N) is 1. The molecule has 2 heteroatoms. The van der Waals surface area contributed by atoms with Gasteiger partial charge in [-0.25, -0.2) is 0 Å². The van der Waals surface area contributed by atoms with Crippen molar-refractivity contribution in [3.8, 4) is 0 Å². The lowest BCUT2D eigenvalue weighted by atomic mass is 10.3. The predicted octanol–water partition coefficient (Wildman–Crippen LogP) is 1.05. The van der Waals surface area contributed by atoms with Crippen LogP contribution >= 0.6 is 0 Å². The lowest BCUT2D eigenvalue weighted by molar-refractivity contribution is 1.04. The fourth-order valence-electron chi connectivity index (χ4n) is 0.623. The molecule has 1 N–H and O–H groups in total. The average Bonchev–Trinajstić information content (AvgIpc) is 2.34. The molecule has 46 valence electrons. The van der Waals surface area contributed by atoms with Gasteiger partial charge in [-0.1, -0.05) is 0 Å². The van der Waals surface area contributed by atoms with Gasteiger partial charge in [-0.05, 0) is 12.1 Å². The zero-order chi connectivity index (χ0) is 12.3. The van der Waals surface area contributed by atoms with E-state index >= 15 is 0 Å². The van der Waals surface area contributed by atoms with E-state index in [2.05, 4.69) is 10.3 Å². The summed E-state index contributed by atoms with van der Waals surface area (Å²) in [7, 11) is 0. The van der Waals surface area contributed by atoms with Gasteiger partial charge in [-0.3, -0.25) is 4.98 Å². The molecule has 1 aliphatic rings. The van der Waals surface area contributed by atoms with Crippen LogP contribution in [-0.4, -0.2) is 11.5 Å². The molecule has 2 rings (SSSR count). The molecule has 1 aromatic rings. The van der Waals surface area contributed by atoms with E-state index in [9.17, 15) is 0 Å². The third-order valence-electron chi connectivity index (χ3n) is 1.02. The van der Waals surface area contributed by atoms with Crippen LogP contribution in [0.5, 0.6) is 0 Å². The molecular weight excluding hydrogens is 112 g/mol. The molecule has 1 aromatic heterocycles. The Morgan fingerprint density at radius 1 is 1.89 bits per heavy atom. The van der Waals surface area contributed by atoms with Crippen molar-refractivity contribution in [1.29, 1.82) is 0 Å². The van der Waals surface area contributed by atoms with Crippen LogP contribution in [0.4, 0.5) is 5.69 Å². The average molecular weight is 127 g/mol. The molecule has 0 saturated carbocycles. The summed E-state index contributed by atoms with van der Waals surface area (Å²) < 4.78 is 52.2. The molecule has 2 nitrogen and oxygen atoms in total. The van der Waals surface area contributed by atoms with Gasteiger partial charge in [-0.15, -0.1) is 0 Å². The molecule has 0 atom stereocenters. The van der Waals surface area contributed by atoms with Gasteiger partial charge < -0.3 is 5.32 Å². The summed E-state index contributed by atoms with van der Waals surface area (Å²) in [5, 5.41) is 2.21. The summed E-state index contributed by atoms with van der Waals surface area (Å²) >= 11 is 0. The molecule has 1 aliphatic heterocycles. The van der Waals surface area contributed by atoms with E-state index in [1.807, 2.05) is 0 Å². The second-order valence-corrected chi connectivity index (χ2v) is 1.57. The second-order valence-electron chi connectivity index (χ2n) is 1.57. The van der Waals surface area contributed by atoms with Crippen LogP contribution in [0.15, 0.2) is 18.3 Å². The monoisotopic (exact) mass is 127 g/mol. The number of aryl methyl sites for hydroxylation is 1. The smallest absolute Gasteiger partial charge is 0.0840 e. The highest BCUT2D eigenvalue weighted by Gasteiger charge is 2.07. The van der Waals surface area contributed by atoms with Gasteiger partial charge in [0, 0.05) is 24.5 Å². The number of anilines is 1. The normalized spacial score (nSPS) is 37.1. The van der Waals surface area contributed by atoms with Crippen LogP contribution in [-0.2, 0) is 6.37 Å². The van der Waals surface area contributed by atoms with E-state index in [4.69, 9.17) is 9.60 Å². The number of fused-ring (bicyclic) bond motifs is 1. The zero-order valence-electron chi connectivity index (χ0n) is 11.4. The summed E-state index contributed by atoms with van der Waals surface area (Å²) in [6, 6.07) is -0.847. The van der Waals surface area contributed by atoms with Gasteiger partial charge >= 0.3 is 0 Å². The van der Waals surface area contributed by atoms with E-state index in [0.29, 0.717) is 0 Å². The molecule has 0 amide bonds. The Balaban J connectivity index is 2.75. The van der Waals surface area contributed by atoms with Gasteiger partial charge in [0.15, 0.2) is 0 Å². The van der Waals surface area contributed by atoms with Crippen LogP contribution in [0.25, 0.3) is 0 Å².